The van der Waals surface area contributed by atoms with Gasteiger partial charge in [-0.3, -0.25) is 4.99 Å². The van der Waals surface area contributed by atoms with Crippen LogP contribution in [0.2, 0.25) is 0 Å². The molecular weight excluding hydrogens is 144 g/mol. The quantitative estimate of drug-likeness (QED) is 0.380. The molecule has 10 heavy (non-hydrogen) atoms. The summed E-state index contributed by atoms with van der Waals surface area (Å²) in [7, 11) is 1.78. The molecule has 0 aromatic carbocycles. The molecule has 0 heterocycles. The van der Waals surface area contributed by atoms with E-state index in [1.165, 1.54) is 0 Å². The highest BCUT2D eigenvalue weighted by Crippen LogP contribution is 1.91. The van der Waals surface area contributed by atoms with Gasteiger partial charge in [-0.2, -0.15) is 0 Å². The van der Waals surface area contributed by atoms with Gasteiger partial charge in [0.1, 0.15) is 0 Å². The lowest BCUT2D eigenvalue weighted by Gasteiger charge is -2.09. The van der Waals surface area contributed by atoms with Gasteiger partial charge in [0, 0.05) is 19.5 Å². The first kappa shape index (κ1) is 9.56. The maximum Gasteiger partial charge on any atom is 0.0988 e. The number of hydrogen-bond acceptors (Lipinski definition) is 2. The molecule has 0 amide bonds. The van der Waals surface area contributed by atoms with Crippen molar-refractivity contribution in [2.24, 2.45) is 10.9 Å². The fourth-order valence-electron chi connectivity index (χ4n) is 0.688. The molecule has 1 N–H and O–H groups in total. The second-order valence-corrected chi connectivity index (χ2v) is 2.64. The number of rotatable bonds is 3. The van der Waals surface area contributed by atoms with Gasteiger partial charge in [-0.1, -0.05) is 26.1 Å². The Morgan fingerprint density at radius 3 is 2.60 bits per heavy atom. The molecule has 0 fully saturated rings. The van der Waals surface area contributed by atoms with E-state index in [1.54, 1.807) is 12.4 Å². The molecule has 0 atom stereocenters. The van der Waals surface area contributed by atoms with Crippen LogP contribution in [-0.2, 0) is 0 Å². The first-order valence-electron chi connectivity index (χ1n) is 3.36. The molecule has 0 rings (SSSR count). The molecule has 0 aromatic heterocycles. The van der Waals surface area contributed by atoms with Gasteiger partial charge >= 0.3 is 0 Å². The van der Waals surface area contributed by atoms with Crippen LogP contribution in [0.3, 0.4) is 0 Å². The monoisotopic (exact) mass is 158 g/mol. The van der Waals surface area contributed by atoms with Gasteiger partial charge in [0.25, 0.3) is 0 Å². The van der Waals surface area contributed by atoms with Crippen LogP contribution < -0.4 is 5.32 Å². The summed E-state index contributed by atoms with van der Waals surface area (Å²) in [4.78, 5) is 4.06. The van der Waals surface area contributed by atoms with Gasteiger partial charge in [-0.05, 0) is 5.37 Å². The van der Waals surface area contributed by atoms with E-state index in [-0.39, 0.29) is 0 Å². The molecule has 0 radical (unpaired) electrons. The van der Waals surface area contributed by atoms with Crippen molar-refractivity contribution in [2.45, 2.75) is 13.8 Å². The van der Waals surface area contributed by atoms with Gasteiger partial charge < -0.3 is 5.32 Å². The topological polar surface area (TPSA) is 24.4 Å². The standard InChI is InChI=1S/C7H14N2S/c1-6(2)7(8-3)9-4-5-10/h5-6H,4H2,1-3H3,(H,8,9). The molecule has 0 saturated heterocycles. The zero-order chi connectivity index (χ0) is 7.98. The highest BCUT2D eigenvalue weighted by atomic mass is 32.1. The summed E-state index contributed by atoms with van der Waals surface area (Å²) < 4.78 is 0. The van der Waals surface area contributed by atoms with Crippen LogP contribution in [0.25, 0.3) is 0 Å². The van der Waals surface area contributed by atoms with E-state index in [1.807, 2.05) is 0 Å². The third-order valence-corrected chi connectivity index (χ3v) is 1.32. The summed E-state index contributed by atoms with van der Waals surface area (Å²) in [5.41, 5.74) is 0. The molecule has 0 bridgehead atoms. The largest absolute Gasteiger partial charge is 0.369 e. The summed E-state index contributed by atoms with van der Waals surface area (Å²) >= 11 is 4.66. The van der Waals surface area contributed by atoms with Crippen molar-refractivity contribution < 1.29 is 0 Å². The Hall–Kier alpha value is -0.440. The van der Waals surface area contributed by atoms with E-state index in [4.69, 9.17) is 0 Å². The molecule has 0 aliphatic heterocycles. The van der Waals surface area contributed by atoms with Gasteiger partial charge in [0.15, 0.2) is 0 Å². The summed E-state index contributed by atoms with van der Waals surface area (Å²) in [6, 6.07) is 0. The van der Waals surface area contributed by atoms with Crippen LogP contribution in [0, 0.1) is 5.92 Å². The van der Waals surface area contributed by atoms with Crippen LogP contribution in [0.15, 0.2) is 4.99 Å². The molecule has 0 saturated carbocycles. The van der Waals surface area contributed by atoms with Crippen molar-refractivity contribution in [1.82, 2.24) is 5.32 Å². The lowest BCUT2D eigenvalue weighted by atomic mass is 10.2. The molecule has 0 unspecified atom stereocenters. The van der Waals surface area contributed by atoms with Crippen molar-refractivity contribution in [2.75, 3.05) is 13.6 Å². The lowest BCUT2D eigenvalue weighted by Crippen LogP contribution is -2.29. The van der Waals surface area contributed by atoms with E-state index in [0.717, 1.165) is 12.4 Å². The smallest absolute Gasteiger partial charge is 0.0988 e. The van der Waals surface area contributed by atoms with E-state index in [2.05, 4.69) is 36.4 Å². The number of nitrogens with one attached hydrogen (secondary N) is 1. The number of amidine groups is 1. The molecule has 2 nitrogen and oxygen atoms in total. The van der Waals surface area contributed by atoms with Crippen molar-refractivity contribution in [3.8, 4) is 0 Å². The van der Waals surface area contributed by atoms with Crippen LogP contribution in [0.4, 0.5) is 0 Å². The molecule has 0 spiro atoms. The van der Waals surface area contributed by atoms with Gasteiger partial charge in [0.05, 0.1) is 5.84 Å². The summed E-state index contributed by atoms with van der Waals surface area (Å²) in [6.07, 6.45) is 0. The molecule has 0 aromatic rings. The van der Waals surface area contributed by atoms with Crippen LogP contribution in [0.5, 0.6) is 0 Å². The predicted molar refractivity (Wildman–Crippen MR) is 49.9 cm³/mol. The average molecular weight is 158 g/mol. The fraction of sp³-hybridized carbons (Fsp3) is 0.714. The maximum atomic E-state index is 4.66. The van der Waals surface area contributed by atoms with Crippen molar-refractivity contribution in [1.29, 1.82) is 0 Å². The summed E-state index contributed by atoms with van der Waals surface area (Å²) in [5.74, 6) is 1.47. The third-order valence-electron chi connectivity index (χ3n) is 1.15. The van der Waals surface area contributed by atoms with E-state index in [0.29, 0.717) is 5.92 Å². The number of hydrogen-bond donors (Lipinski definition) is 1. The van der Waals surface area contributed by atoms with E-state index >= 15 is 0 Å². The summed E-state index contributed by atoms with van der Waals surface area (Å²) in [6.45, 7) is 4.91. The molecule has 58 valence electrons. The SMILES string of the molecule is CN=C(NCC=S)C(C)C. The van der Waals surface area contributed by atoms with Crippen LogP contribution in [-0.4, -0.2) is 24.8 Å². The highest BCUT2D eigenvalue weighted by molar-refractivity contribution is 7.79. The molecule has 3 heteroatoms. The molecule has 0 aliphatic rings. The first-order valence-corrected chi connectivity index (χ1v) is 3.83. The molecule has 0 aliphatic carbocycles. The van der Waals surface area contributed by atoms with E-state index < -0.39 is 0 Å². The predicted octanol–water partition coefficient (Wildman–Crippen LogP) is 1.26. The minimum absolute atomic E-state index is 0.458. The minimum Gasteiger partial charge on any atom is -0.369 e. The summed E-state index contributed by atoms with van der Waals surface area (Å²) in [5, 5.41) is 4.77. The zero-order valence-electron chi connectivity index (χ0n) is 6.72. The Balaban J connectivity index is 3.73. The fourth-order valence-corrected chi connectivity index (χ4v) is 0.771. The van der Waals surface area contributed by atoms with Crippen molar-refractivity contribution in [3.05, 3.63) is 0 Å². The zero-order valence-corrected chi connectivity index (χ0v) is 7.53. The lowest BCUT2D eigenvalue weighted by molar-refractivity contribution is 0.825. The normalized spacial score (nSPS) is 11.8. The van der Waals surface area contributed by atoms with Crippen LogP contribution in [0.1, 0.15) is 13.8 Å². The van der Waals surface area contributed by atoms with Gasteiger partial charge in [0.2, 0.25) is 0 Å². The Kier molecular flexibility index (Phi) is 5.12. The Labute approximate surface area is 67.7 Å². The average Bonchev–Trinajstić information content (AvgIpc) is 1.89. The first-order chi connectivity index (χ1) is 4.72. The Bertz CT molecular complexity index is 130. The van der Waals surface area contributed by atoms with Crippen LogP contribution >= 0.6 is 12.2 Å². The van der Waals surface area contributed by atoms with Crippen molar-refractivity contribution in [3.63, 3.8) is 0 Å². The minimum atomic E-state index is 0.458. The number of nitrogens with zero attached hydrogens (tertiary/aromatic N) is 1. The number of aliphatic imine (C=N–C) groups is 1. The third kappa shape index (κ3) is 3.56. The number of thiocarbonyl (C=S) groups is 1. The highest BCUT2D eigenvalue weighted by Gasteiger charge is 2.00. The Morgan fingerprint density at radius 2 is 2.30 bits per heavy atom. The second-order valence-electron chi connectivity index (χ2n) is 2.31. The Morgan fingerprint density at radius 1 is 1.70 bits per heavy atom. The molecular formula is C7H14N2S. The van der Waals surface area contributed by atoms with Gasteiger partial charge in [-0.25, -0.2) is 0 Å². The van der Waals surface area contributed by atoms with Crippen molar-refractivity contribution >= 4 is 23.4 Å². The van der Waals surface area contributed by atoms with E-state index in [9.17, 15) is 0 Å². The van der Waals surface area contributed by atoms with Gasteiger partial charge in [-0.15, -0.1) is 0 Å². The second kappa shape index (κ2) is 5.35. The maximum absolute atomic E-state index is 4.66.